The van der Waals surface area contributed by atoms with Crippen molar-refractivity contribution in [1.29, 1.82) is 0 Å². The lowest BCUT2D eigenvalue weighted by Gasteiger charge is -2.22. The van der Waals surface area contributed by atoms with Gasteiger partial charge in [0.05, 0.1) is 10.9 Å². The average Bonchev–Trinajstić information content (AvgIpc) is 2.68. The van der Waals surface area contributed by atoms with Gasteiger partial charge in [0.15, 0.2) is 0 Å². The van der Waals surface area contributed by atoms with Gasteiger partial charge in [-0.25, -0.2) is 0 Å². The van der Waals surface area contributed by atoms with Crippen molar-refractivity contribution in [3.05, 3.63) is 32.7 Å². The third kappa shape index (κ3) is 1.99. The number of thioether (sulfide) groups is 1. The van der Waals surface area contributed by atoms with Gasteiger partial charge in [-0.05, 0) is 18.9 Å². The number of nitro groups is 1. The molecule has 0 spiro atoms. The summed E-state index contributed by atoms with van der Waals surface area (Å²) in [6.07, 6.45) is 1.09. The van der Waals surface area contributed by atoms with Gasteiger partial charge in [-0.2, -0.15) is 0 Å². The third-order valence-corrected chi connectivity index (χ3v) is 3.26. The molecule has 1 rings (SSSR count). The molecule has 0 N–H and O–H groups in total. The van der Waals surface area contributed by atoms with Crippen molar-refractivity contribution in [1.82, 2.24) is 0 Å². The van der Waals surface area contributed by atoms with E-state index >= 15 is 0 Å². The minimum Gasteiger partial charge on any atom is -0.616 e. The molecule has 0 aromatic rings. The molecular weight excluding hydrogens is 238 g/mol. The summed E-state index contributed by atoms with van der Waals surface area (Å²) in [6, 6.07) is 0. The first-order valence-electron chi connectivity index (χ1n) is 4.12. The van der Waals surface area contributed by atoms with E-state index in [9.17, 15) is 15.2 Å². The second-order valence-corrected chi connectivity index (χ2v) is 3.89. The Morgan fingerprint density at radius 3 is 2.31 bits per heavy atom. The molecule has 0 bridgehead atoms. The van der Waals surface area contributed by atoms with Gasteiger partial charge in [0, 0.05) is 25.2 Å². The van der Waals surface area contributed by atoms with E-state index in [4.69, 9.17) is 9.47 Å². The number of hydrogen-bond acceptors (Lipinski definition) is 7. The predicted molar refractivity (Wildman–Crippen MR) is 53.5 cm³/mol. The molecule has 0 aromatic heterocycles. The summed E-state index contributed by atoms with van der Waals surface area (Å²) in [5, 5.41) is 20.4. The maximum absolute atomic E-state index is 11.2. The molecule has 0 unspecified atom stereocenters. The highest BCUT2D eigenvalue weighted by molar-refractivity contribution is 8.04. The summed E-state index contributed by atoms with van der Waals surface area (Å²) in [5.74, 6) is -0.666. The zero-order chi connectivity index (χ0) is 12.3. The molecule has 1 aliphatic rings. The highest BCUT2D eigenvalue weighted by atomic mass is 32.2. The topological polar surface area (TPSA) is 93.9 Å². The summed E-state index contributed by atoms with van der Waals surface area (Å²) in [4.78, 5) is 10.2. The summed E-state index contributed by atoms with van der Waals surface area (Å²) in [7, 11) is 3.71. The quantitative estimate of drug-likeness (QED) is 0.299. The number of rotatable bonds is 4. The Morgan fingerprint density at radius 1 is 1.44 bits per heavy atom. The highest BCUT2D eigenvalue weighted by Gasteiger charge is 2.50. The van der Waals surface area contributed by atoms with Crippen molar-refractivity contribution in [2.75, 3.05) is 21.3 Å². The fraction of sp³-hybridized carbons (Fsp3) is 0.500. The summed E-state index contributed by atoms with van der Waals surface area (Å²) in [5.41, 5.74) is -0.345. The molecule has 0 atom stereocenters. The van der Waals surface area contributed by atoms with Gasteiger partial charge in [0.25, 0.3) is 0 Å². The molecule has 0 fully saturated rings. The number of allylic oxidation sites excluding steroid dienone is 1. The van der Waals surface area contributed by atoms with Gasteiger partial charge in [-0.1, -0.05) is 0 Å². The molecule has 0 saturated carbocycles. The number of nitrogens with zero attached hydrogens (tertiary/aromatic N) is 1. The SMILES string of the molecule is CO/C([O-])=C1\C=C([N+](=O)[O-])C(OC)(OC)S1. The fourth-order valence-corrected chi connectivity index (χ4v) is 2.21. The third-order valence-electron chi connectivity index (χ3n) is 1.95. The summed E-state index contributed by atoms with van der Waals surface area (Å²) < 4.78 is 14.4. The Morgan fingerprint density at radius 2 is 2.00 bits per heavy atom. The van der Waals surface area contributed by atoms with Gasteiger partial charge in [0.1, 0.15) is 0 Å². The monoisotopic (exact) mass is 248 g/mol. The number of hydrogen-bond donors (Lipinski definition) is 0. The minimum atomic E-state index is -1.59. The molecule has 8 heteroatoms. The molecule has 0 saturated heterocycles. The Balaban J connectivity index is 3.20. The van der Waals surface area contributed by atoms with Crippen LogP contribution >= 0.6 is 11.8 Å². The lowest BCUT2D eigenvalue weighted by atomic mass is 10.4. The Labute approximate surface area is 95.8 Å². The van der Waals surface area contributed by atoms with E-state index in [1.54, 1.807) is 0 Å². The van der Waals surface area contributed by atoms with Crippen LogP contribution in [-0.4, -0.2) is 31.4 Å². The van der Waals surface area contributed by atoms with Crippen molar-refractivity contribution in [2.45, 2.75) is 5.12 Å². The average molecular weight is 248 g/mol. The van der Waals surface area contributed by atoms with Crippen LogP contribution in [0.15, 0.2) is 22.6 Å². The molecule has 1 aliphatic heterocycles. The van der Waals surface area contributed by atoms with Crippen LogP contribution in [-0.2, 0) is 14.2 Å². The van der Waals surface area contributed by atoms with E-state index in [2.05, 4.69) is 4.74 Å². The summed E-state index contributed by atoms with van der Waals surface area (Å²) in [6.45, 7) is 0. The molecule has 0 aromatic carbocycles. The van der Waals surface area contributed by atoms with Crippen molar-refractivity contribution in [3.8, 4) is 0 Å². The van der Waals surface area contributed by atoms with Crippen molar-refractivity contribution >= 4 is 11.8 Å². The van der Waals surface area contributed by atoms with E-state index in [-0.39, 0.29) is 10.6 Å². The Kier molecular flexibility index (Phi) is 3.79. The standard InChI is InChI=1S/C8H11NO6S/c1-13-7(10)5-4-6(9(11)12)8(14-2,15-3)16-5/h4,10H,1-3H3/p-1/b7-5+. The molecular formula is C8H10NO6S-. The normalized spacial score (nSPS) is 21.6. The first-order chi connectivity index (χ1) is 7.50. The second-order valence-electron chi connectivity index (χ2n) is 2.71. The lowest BCUT2D eigenvalue weighted by Crippen LogP contribution is -2.33. The first kappa shape index (κ1) is 12.8. The smallest absolute Gasteiger partial charge is 0.318 e. The molecule has 16 heavy (non-hydrogen) atoms. The maximum atomic E-state index is 11.2. The largest absolute Gasteiger partial charge is 0.616 e. The predicted octanol–water partition coefficient (Wildman–Crippen LogP) is 0.0162. The van der Waals surface area contributed by atoms with Crippen LogP contribution in [0.25, 0.3) is 0 Å². The van der Waals surface area contributed by atoms with Crippen molar-refractivity contribution in [2.24, 2.45) is 0 Å². The summed E-state index contributed by atoms with van der Waals surface area (Å²) >= 11 is 0.791. The zero-order valence-corrected chi connectivity index (χ0v) is 9.70. The van der Waals surface area contributed by atoms with Crippen LogP contribution in [0, 0.1) is 10.1 Å². The van der Waals surface area contributed by atoms with Gasteiger partial charge in [-0.3, -0.25) is 10.1 Å². The maximum Gasteiger partial charge on any atom is 0.318 e. The van der Waals surface area contributed by atoms with Crippen molar-refractivity contribution < 1.29 is 24.2 Å². The van der Waals surface area contributed by atoms with Crippen LogP contribution in [0.4, 0.5) is 0 Å². The number of ether oxygens (including phenoxy) is 3. The molecule has 7 nitrogen and oxygen atoms in total. The number of methoxy groups -OCH3 is 3. The second kappa shape index (κ2) is 4.73. The van der Waals surface area contributed by atoms with Crippen LogP contribution in [0.1, 0.15) is 0 Å². The van der Waals surface area contributed by atoms with Gasteiger partial charge >= 0.3 is 10.8 Å². The van der Waals surface area contributed by atoms with Crippen molar-refractivity contribution in [3.63, 3.8) is 0 Å². The van der Waals surface area contributed by atoms with Gasteiger partial charge in [0.2, 0.25) is 0 Å². The van der Waals surface area contributed by atoms with E-state index < -0.39 is 16.0 Å². The molecule has 0 radical (unpaired) electrons. The van der Waals surface area contributed by atoms with E-state index in [1.807, 2.05) is 0 Å². The zero-order valence-electron chi connectivity index (χ0n) is 8.88. The molecule has 0 aliphatic carbocycles. The van der Waals surface area contributed by atoms with E-state index in [0.29, 0.717) is 0 Å². The van der Waals surface area contributed by atoms with Crippen LogP contribution in [0.3, 0.4) is 0 Å². The highest BCUT2D eigenvalue weighted by Crippen LogP contribution is 2.47. The van der Waals surface area contributed by atoms with E-state index in [1.165, 1.54) is 21.3 Å². The van der Waals surface area contributed by atoms with Crippen LogP contribution in [0.2, 0.25) is 0 Å². The molecule has 0 amide bonds. The van der Waals surface area contributed by atoms with Crippen LogP contribution < -0.4 is 5.11 Å². The first-order valence-corrected chi connectivity index (χ1v) is 4.93. The minimum absolute atomic E-state index is 0.0675. The molecule has 1 heterocycles. The fourth-order valence-electron chi connectivity index (χ4n) is 1.18. The van der Waals surface area contributed by atoms with Gasteiger partial charge in [-0.15, -0.1) is 0 Å². The van der Waals surface area contributed by atoms with Crippen LogP contribution in [0.5, 0.6) is 0 Å². The van der Waals surface area contributed by atoms with Gasteiger partial charge < -0.3 is 19.3 Å². The Bertz CT molecular complexity index is 360. The molecule has 90 valence electrons. The lowest BCUT2D eigenvalue weighted by molar-refractivity contribution is -0.451. The Hall–Kier alpha value is -1.25. The van der Waals surface area contributed by atoms with E-state index in [0.717, 1.165) is 17.8 Å².